The first-order valence-corrected chi connectivity index (χ1v) is 24.7. The molecule has 4 rings (SSSR count). The van der Waals surface area contributed by atoms with E-state index in [4.69, 9.17) is 30.7 Å². The van der Waals surface area contributed by atoms with Crippen molar-refractivity contribution in [3.05, 3.63) is 78.4 Å². The van der Waals surface area contributed by atoms with Crippen molar-refractivity contribution >= 4 is 42.4 Å². The number of hydrogen-bond donors (Lipinski definition) is 0. The molecule has 0 saturated carbocycles. The number of hydrogen-bond acceptors (Lipinski definition) is 8. The van der Waals surface area contributed by atoms with E-state index >= 15 is 0 Å². The molecular formula is C35H49O8Si4. The lowest BCUT2D eigenvalue weighted by Crippen LogP contribution is -2.52. The highest BCUT2D eigenvalue weighted by atomic mass is 28.5. The molecule has 253 valence electrons. The lowest BCUT2D eigenvalue weighted by Gasteiger charge is -2.35. The Morgan fingerprint density at radius 3 is 1.91 bits per heavy atom. The van der Waals surface area contributed by atoms with Gasteiger partial charge in [-0.05, 0) is 124 Å². The van der Waals surface area contributed by atoms with Crippen LogP contribution in [0.15, 0.2) is 72.8 Å². The summed E-state index contributed by atoms with van der Waals surface area (Å²) in [5, 5.41) is 0. The standard InChI is InChI=1S/C35H49O8Si4/c1-7-8-9-10-13-28(2)38-33-22-24-34(25-23-33)39-35(36)31-16-14-29(15-17-31)30-18-20-32(21-19-30)37-26-11-12-27-47(6)42-45(4)40-44(3)41-46(5)43-47/h14-25,28H,7-13,26-27H2,1-6H3. The van der Waals surface area contributed by atoms with Gasteiger partial charge in [-0.3, -0.25) is 0 Å². The molecule has 3 aromatic carbocycles. The van der Waals surface area contributed by atoms with E-state index in [0.717, 1.165) is 47.9 Å². The van der Waals surface area contributed by atoms with Gasteiger partial charge in [0.2, 0.25) is 0 Å². The van der Waals surface area contributed by atoms with Crippen molar-refractivity contribution in [3.63, 3.8) is 0 Å². The molecule has 1 aliphatic heterocycles. The van der Waals surface area contributed by atoms with Crippen LogP contribution in [0.4, 0.5) is 0 Å². The van der Waals surface area contributed by atoms with E-state index in [1.54, 1.807) is 24.3 Å². The third kappa shape index (κ3) is 12.8. The first-order valence-electron chi connectivity index (χ1n) is 16.7. The molecule has 8 nitrogen and oxygen atoms in total. The summed E-state index contributed by atoms with van der Waals surface area (Å²) in [5.74, 6) is 1.70. The van der Waals surface area contributed by atoms with Crippen LogP contribution in [0.3, 0.4) is 0 Å². The fourth-order valence-corrected chi connectivity index (χ4v) is 17.4. The molecule has 0 aliphatic carbocycles. The van der Waals surface area contributed by atoms with Gasteiger partial charge in [-0.25, -0.2) is 4.79 Å². The highest BCUT2D eigenvalue weighted by molar-refractivity contribution is 6.81. The third-order valence-electron chi connectivity index (χ3n) is 7.73. The molecule has 3 radical (unpaired) electrons. The number of carbonyl (C=O) groups is 1. The van der Waals surface area contributed by atoms with Gasteiger partial charge in [-0.15, -0.1) is 0 Å². The minimum Gasteiger partial charge on any atom is -0.494 e. The summed E-state index contributed by atoms with van der Waals surface area (Å²) in [5.41, 5.74) is 2.54. The zero-order valence-electron chi connectivity index (χ0n) is 28.6. The molecule has 0 N–H and O–H groups in total. The van der Waals surface area contributed by atoms with Crippen LogP contribution in [0.5, 0.6) is 17.2 Å². The van der Waals surface area contributed by atoms with Crippen LogP contribution in [0, 0.1) is 0 Å². The van der Waals surface area contributed by atoms with E-state index < -0.39 is 42.4 Å². The second kappa shape index (κ2) is 18.8. The van der Waals surface area contributed by atoms with Crippen LogP contribution in [0.1, 0.15) is 69.2 Å². The van der Waals surface area contributed by atoms with Crippen LogP contribution >= 0.6 is 0 Å². The number of ether oxygens (including phenoxy) is 3. The molecule has 47 heavy (non-hydrogen) atoms. The van der Waals surface area contributed by atoms with Gasteiger partial charge in [0.1, 0.15) is 17.2 Å². The monoisotopic (exact) mass is 709 g/mol. The van der Waals surface area contributed by atoms with Crippen molar-refractivity contribution in [1.82, 2.24) is 0 Å². The minimum atomic E-state index is -2.33. The van der Waals surface area contributed by atoms with Crippen molar-refractivity contribution in [3.8, 4) is 28.4 Å². The molecule has 1 unspecified atom stereocenters. The molecule has 1 atom stereocenters. The topological polar surface area (TPSA) is 81.7 Å². The Morgan fingerprint density at radius 2 is 1.30 bits per heavy atom. The highest BCUT2D eigenvalue weighted by Gasteiger charge is 2.40. The molecule has 0 bridgehead atoms. The molecule has 1 aliphatic rings. The quantitative estimate of drug-likeness (QED) is 0.0631. The van der Waals surface area contributed by atoms with Crippen molar-refractivity contribution in [2.45, 2.75) is 97.1 Å². The fraction of sp³-hybridized carbons (Fsp3) is 0.457. The maximum absolute atomic E-state index is 12.8. The van der Waals surface area contributed by atoms with Crippen molar-refractivity contribution in [2.24, 2.45) is 0 Å². The van der Waals surface area contributed by atoms with Crippen LogP contribution in [0.2, 0.25) is 32.2 Å². The van der Waals surface area contributed by atoms with E-state index in [0.29, 0.717) is 17.9 Å². The summed E-state index contributed by atoms with van der Waals surface area (Å²) < 4.78 is 42.1. The van der Waals surface area contributed by atoms with E-state index in [9.17, 15) is 4.79 Å². The average molecular weight is 710 g/mol. The summed E-state index contributed by atoms with van der Waals surface area (Å²) in [6, 6.07) is 23.6. The van der Waals surface area contributed by atoms with Crippen molar-refractivity contribution in [1.29, 1.82) is 0 Å². The van der Waals surface area contributed by atoms with Crippen LogP contribution in [0.25, 0.3) is 11.1 Å². The van der Waals surface area contributed by atoms with Gasteiger partial charge < -0.3 is 30.7 Å². The number of carbonyl (C=O) groups excluding carboxylic acids is 1. The zero-order valence-corrected chi connectivity index (χ0v) is 32.6. The van der Waals surface area contributed by atoms with Crippen LogP contribution in [-0.4, -0.2) is 55.1 Å². The number of esters is 1. The van der Waals surface area contributed by atoms with Crippen LogP contribution < -0.4 is 14.2 Å². The van der Waals surface area contributed by atoms with Gasteiger partial charge >= 0.3 is 42.4 Å². The normalized spacial score (nSPS) is 16.6. The molecular weight excluding hydrogens is 661 g/mol. The first-order chi connectivity index (χ1) is 22.6. The Morgan fingerprint density at radius 1 is 0.723 bits per heavy atom. The van der Waals surface area contributed by atoms with E-state index in [1.807, 2.05) is 68.2 Å². The summed E-state index contributed by atoms with van der Waals surface area (Å²) in [6.07, 6.45) is 7.97. The van der Waals surface area contributed by atoms with Gasteiger partial charge in [0.05, 0.1) is 18.3 Å². The Labute approximate surface area is 287 Å². The van der Waals surface area contributed by atoms with Gasteiger partial charge in [-0.2, -0.15) is 0 Å². The smallest absolute Gasteiger partial charge is 0.362 e. The average Bonchev–Trinajstić information content (AvgIpc) is 3.03. The highest BCUT2D eigenvalue weighted by Crippen LogP contribution is 2.26. The molecule has 1 heterocycles. The first kappa shape index (κ1) is 37.3. The Balaban J connectivity index is 1.18. The molecule has 0 aromatic heterocycles. The predicted octanol–water partition coefficient (Wildman–Crippen LogP) is 8.98. The van der Waals surface area contributed by atoms with Gasteiger partial charge in [0.25, 0.3) is 0 Å². The molecule has 1 saturated heterocycles. The largest absolute Gasteiger partial charge is 0.494 e. The maximum Gasteiger partial charge on any atom is 0.362 e. The summed E-state index contributed by atoms with van der Waals surface area (Å²) in [6.45, 7) is 13.1. The van der Waals surface area contributed by atoms with Gasteiger partial charge in [0.15, 0.2) is 0 Å². The minimum absolute atomic E-state index is 0.155. The Hall–Kier alpha value is -2.56. The summed E-state index contributed by atoms with van der Waals surface area (Å²) >= 11 is 0. The molecule has 0 spiro atoms. The zero-order chi connectivity index (χ0) is 33.6. The lowest BCUT2D eigenvalue weighted by molar-refractivity contribution is 0.0734. The second-order valence-electron chi connectivity index (χ2n) is 12.1. The fourth-order valence-electron chi connectivity index (χ4n) is 5.38. The van der Waals surface area contributed by atoms with Gasteiger partial charge in [0, 0.05) is 0 Å². The maximum atomic E-state index is 12.8. The van der Waals surface area contributed by atoms with Gasteiger partial charge in [-0.1, -0.05) is 50.5 Å². The Kier molecular flexibility index (Phi) is 14.9. The van der Waals surface area contributed by atoms with Crippen molar-refractivity contribution < 1.29 is 35.5 Å². The van der Waals surface area contributed by atoms with Crippen molar-refractivity contribution in [2.75, 3.05) is 6.61 Å². The third-order valence-corrected chi connectivity index (χ3v) is 19.3. The molecule has 0 amide bonds. The number of unbranched alkanes of at least 4 members (excludes halogenated alkanes) is 4. The number of rotatable bonds is 16. The molecule has 12 heteroatoms. The predicted molar refractivity (Wildman–Crippen MR) is 192 cm³/mol. The lowest BCUT2D eigenvalue weighted by atomic mass is 10.0. The van der Waals surface area contributed by atoms with E-state index in [2.05, 4.69) is 20.4 Å². The summed E-state index contributed by atoms with van der Waals surface area (Å²) in [7, 11) is -6.31. The summed E-state index contributed by atoms with van der Waals surface area (Å²) in [4.78, 5) is 12.8. The molecule has 3 aromatic rings. The SMILES string of the molecule is CCCCCCC(C)Oc1ccc(OC(=O)c2ccc(-c3ccc(OCCCC[Si]4(C)O[Si](C)O[Si](C)O[Si](C)O4)cc3)cc2)cc1. The Bertz CT molecular complexity index is 1340. The van der Waals surface area contributed by atoms with E-state index in [-0.39, 0.29) is 6.10 Å². The number of benzene rings is 3. The van der Waals surface area contributed by atoms with Crippen LogP contribution in [-0.2, 0) is 16.5 Å². The van der Waals surface area contributed by atoms with E-state index in [1.165, 1.54) is 25.7 Å². The molecule has 1 fully saturated rings. The second-order valence-corrected chi connectivity index (χ2v) is 21.0.